The van der Waals surface area contributed by atoms with Gasteiger partial charge in [0.2, 0.25) is 0 Å². The summed E-state index contributed by atoms with van der Waals surface area (Å²) in [6.07, 6.45) is 10.7. The molecule has 1 aliphatic carbocycles. The molecule has 0 amide bonds. The first-order valence-electron chi connectivity index (χ1n) is 24.5. The van der Waals surface area contributed by atoms with Crippen molar-refractivity contribution >= 4 is 22.6 Å². The number of benzene rings is 7. The summed E-state index contributed by atoms with van der Waals surface area (Å²) in [7, 11) is 0. The highest BCUT2D eigenvalue weighted by atomic mass is 15.5. The van der Waals surface area contributed by atoms with Crippen molar-refractivity contribution < 1.29 is 0 Å². The zero-order valence-electron chi connectivity index (χ0n) is 39.1. The normalized spacial score (nSPS) is 15.4. The molecule has 7 heteroatoms. The molecule has 3 heterocycles. The van der Waals surface area contributed by atoms with Gasteiger partial charge in [-0.1, -0.05) is 230 Å². The summed E-state index contributed by atoms with van der Waals surface area (Å²) in [6, 6.07) is 81.6. The molecule has 342 valence electrons. The largest absolute Gasteiger partial charge is 0.353 e. The Balaban J connectivity index is 1.14. The molecule has 1 fully saturated rings. The summed E-state index contributed by atoms with van der Waals surface area (Å²) >= 11 is 0. The summed E-state index contributed by atoms with van der Waals surface area (Å²) < 4.78 is 2.05. The van der Waals surface area contributed by atoms with Gasteiger partial charge in [-0.25, -0.2) is 9.67 Å². The van der Waals surface area contributed by atoms with E-state index in [1.54, 1.807) is 0 Å². The highest BCUT2D eigenvalue weighted by Gasteiger charge is 2.43. The SMILES string of the molecule is C(/CNC1CCC(c2ccccc2)CC1)=C(/c1cccnc1)c1cc(NC(c2ccccc2)(c2ccccc2)c2ccccc2)nc2c1nnn2C(c1ccccc1)(c1ccccc1)c1ccccc1. The van der Waals surface area contributed by atoms with Crippen molar-refractivity contribution in [2.75, 3.05) is 11.9 Å². The van der Waals surface area contributed by atoms with Crippen molar-refractivity contribution in [3.8, 4) is 0 Å². The molecule has 1 aliphatic rings. The Bertz CT molecular complexity index is 3070. The van der Waals surface area contributed by atoms with Crippen LogP contribution in [0.15, 0.2) is 249 Å². The monoisotopic (exact) mass is 909 g/mol. The molecule has 0 aliphatic heterocycles. The van der Waals surface area contributed by atoms with Gasteiger partial charge >= 0.3 is 0 Å². The maximum Gasteiger partial charge on any atom is 0.182 e. The fourth-order valence-electron chi connectivity index (χ4n) is 10.9. The highest BCUT2D eigenvalue weighted by molar-refractivity contribution is 5.94. The molecular weight excluding hydrogens is 855 g/mol. The Kier molecular flexibility index (Phi) is 12.7. The number of anilines is 1. The predicted molar refractivity (Wildman–Crippen MR) is 284 cm³/mol. The van der Waals surface area contributed by atoms with Gasteiger partial charge in [0.05, 0.1) is 0 Å². The van der Waals surface area contributed by atoms with Gasteiger partial charge in [0.1, 0.15) is 22.4 Å². The number of aromatic nitrogens is 5. The molecule has 0 spiro atoms. The van der Waals surface area contributed by atoms with Crippen LogP contribution in [0.4, 0.5) is 5.82 Å². The third-order valence-corrected chi connectivity index (χ3v) is 14.2. The van der Waals surface area contributed by atoms with Crippen LogP contribution in [0, 0.1) is 0 Å². The lowest BCUT2D eigenvalue weighted by atomic mass is 9.77. The van der Waals surface area contributed by atoms with Gasteiger partial charge in [-0.05, 0) is 88.3 Å². The van der Waals surface area contributed by atoms with Crippen molar-refractivity contribution in [3.05, 3.63) is 299 Å². The van der Waals surface area contributed by atoms with Crippen LogP contribution in [0.3, 0.4) is 0 Å². The van der Waals surface area contributed by atoms with Crippen molar-refractivity contribution in [2.24, 2.45) is 0 Å². The first-order chi connectivity index (χ1) is 34.7. The highest BCUT2D eigenvalue weighted by Crippen LogP contribution is 2.45. The number of nitrogens with zero attached hydrogens (tertiary/aromatic N) is 5. The van der Waals surface area contributed by atoms with Gasteiger partial charge in [-0.2, -0.15) is 0 Å². The van der Waals surface area contributed by atoms with E-state index in [1.165, 1.54) is 18.4 Å². The maximum atomic E-state index is 5.73. The molecule has 7 nitrogen and oxygen atoms in total. The second-order valence-corrected chi connectivity index (χ2v) is 18.2. The smallest absolute Gasteiger partial charge is 0.182 e. The number of fused-ring (bicyclic) bond motifs is 1. The minimum absolute atomic E-state index is 0.411. The Morgan fingerprint density at radius 2 is 1.01 bits per heavy atom. The summed E-state index contributed by atoms with van der Waals surface area (Å²) in [6.45, 7) is 0.662. The number of hydrogen-bond acceptors (Lipinski definition) is 6. The zero-order chi connectivity index (χ0) is 47.0. The molecule has 0 atom stereocenters. The van der Waals surface area contributed by atoms with Crippen LogP contribution in [0.1, 0.15) is 81.7 Å². The standard InChI is InChI=1S/C63H55N7/c1-8-23-47(24-9-1)48-38-40-56(41-39-48)65-44-42-57(49-25-22-43-64-46-49)58-45-59(67-62(50-26-10-2-11-27-50,51-28-12-3-13-29-51)52-30-14-4-15-31-52)66-61-60(58)68-69-70(61)63(53-32-16-5-17-33-53,54-34-18-6-19-35-54)55-36-20-7-21-37-55/h1-37,42-43,45-46,48,56,65H,38-41,44H2,(H,66,67)/b57-42+. The van der Waals surface area contributed by atoms with E-state index in [9.17, 15) is 0 Å². The van der Waals surface area contributed by atoms with E-state index >= 15 is 0 Å². The van der Waals surface area contributed by atoms with E-state index in [1.807, 2.05) is 18.5 Å². The van der Waals surface area contributed by atoms with Crippen LogP contribution < -0.4 is 10.6 Å². The van der Waals surface area contributed by atoms with E-state index in [-0.39, 0.29) is 0 Å². The average molecular weight is 910 g/mol. The van der Waals surface area contributed by atoms with E-state index in [0.717, 1.165) is 62.9 Å². The van der Waals surface area contributed by atoms with Gasteiger partial charge in [0.15, 0.2) is 5.65 Å². The second-order valence-electron chi connectivity index (χ2n) is 18.2. The number of pyridine rings is 2. The van der Waals surface area contributed by atoms with Gasteiger partial charge in [-0.3, -0.25) is 4.98 Å². The first kappa shape index (κ1) is 44.3. The fourth-order valence-corrected chi connectivity index (χ4v) is 10.9. The minimum atomic E-state index is -0.977. The molecular formula is C63H55N7. The lowest BCUT2D eigenvalue weighted by molar-refractivity contribution is 0.351. The minimum Gasteiger partial charge on any atom is -0.353 e. The Hall–Kier alpha value is -8.26. The number of hydrogen-bond donors (Lipinski definition) is 2. The lowest BCUT2D eigenvalue weighted by Gasteiger charge is -2.38. The second kappa shape index (κ2) is 20.1. The van der Waals surface area contributed by atoms with Crippen molar-refractivity contribution in [3.63, 3.8) is 0 Å². The van der Waals surface area contributed by atoms with Crippen LogP contribution in [0.2, 0.25) is 0 Å². The van der Waals surface area contributed by atoms with Crippen molar-refractivity contribution in [1.29, 1.82) is 0 Å². The third kappa shape index (κ3) is 8.50. The topological polar surface area (TPSA) is 80.6 Å². The van der Waals surface area contributed by atoms with Crippen molar-refractivity contribution in [1.82, 2.24) is 30.3 Å². The summed E-state index contributed by atoms with van der Waals surface area (Å²) in [4.78, 5) is 10.4. The van der Waals surface area contributed by atoms with Gasteiger partial charge in [0, 0.05) is 36.1 Å². The van der Waals surface area contributed by atoms with Crippen LogP contribution in [0.25, 0.3) is 16.7 Å². The Labute approximate surface area is 410 Å². The molecule has 0 bridgehead atoms. The van der Waals surface area contributed by atoms with E-state index in [2.05, 4.69) is 251 Å². The van der Waals surface area contributed by atoms with Crippen LogP contribution in [-0.2, 0) is 11.1 Å². The third-order valence-electron chi connectivity index (χ3n) is 14.2. The molecule has 3 aromatic heterocycles. The maximum absolute atomic E-state index is 5.73. The Morgan fingerprint density at radius 3 is 1.49 bits per heavy atom. The number of rotatable bonds is 15. The molecule has 0 unspecified atom stereocenters. The summed E-state index contributed by atoms with van der Waals surface area (Å²) in [5.41, 5.74) is 10.1. The van der Waals surface area contributed by atoms with Gasteiger partial charge < -0.3 is 10.6 Å². The predicted octanol–water partition coefficient (Wildman–Crippen LogP) is 13.2. The average Bonchev–Trinajstić information content (AvgIpc) is 3.88. The molecule has 0 radical (unpaired) electrons. The molecule has 70 heavy (non-hydrogen) atoms. The van der Waals surface area contributed by atoms with Gasteiger partial charge in [0.25, 0.3) is 0 Å². The quantitative estimate of drug-likeness (QED) is 0.0998. The van der Waals surface area contributed by atoms with Crippen LogP contribution in [0.5, 0.6) is 0 Å². The van der Waals surface area contributed by atoms with Crippen molar-refractivity contribution in [2.45, 2.75) is 48.7 Å². The Morgan fingerprint density at radius 1 is 0.543 bits per heavy atom. The molecule has 11 rings (SSSR count). The molecule has 7 aromatic carbocycles. The molecule has 2 N–H and O–H groups in total. The van der Waals surface area contributed by atoms with E-state index < -0.39 is 11.1 Å². The molecule has 10 aromatic rings. The number of nitrogens with one attached hydrogen (secondary N) is 2. The van der Waals surface area contributed by atoms with Crippen LogP contribution in [-0.4, -0.2) is 37.5 Å². The molecule has 1 saturated carbocycles. The summed E-state index contributed by atoms with van der Waals surface area (Å²) in [5.74, 6) is 1.26. The van der Waals surface area contributed by atoms with E-state index in [4.69, 9.17) is 15.3 Å². The lowest BCUT2D eigenvalue weighted by Crippen LogP contribution is -2.39. The van der Waals surface area contributed by atoms with Gasteiger partial charge in [-0.15, -0.1) is 5.10 Å². The fraction of sp³-hybridized carbons (Fsp3) is 0.143. The first-order valence-corrected chi connectivity index (χ1v) is 24.5. The zero-order valence-corrected chi connectivity index (χ0v) is 39.1. The molecule has 0 saturated heterocycles. The van der Waals surface area contributed by atoms with E-state index in [0.29, 0.717) is 35.5 Å². The van der Waals surface area contributed by atoms with Crippen LogP contribution >= 0.6 is 0 Å². The summed E-state index contributed by atoms with van der Waals surface area (Å²) in [5, 5.41) is 18.6.